The van der Waals surface area contributed by atoms with Crippen LogP contribution in [-0.2, 0) is 26.1 Å². The highest BCUT2D eigenvalue weighted by Crippen LogP contribution is 2.21. The van der Waals surface area contributed by atoms with Gasteiger partial charge in [-0.25, -0.2) is 24.4 Å². The first-order valence-electron chi connectivity index (χ1n) is 9.09. The number of nitrogens with one attached hydrogen (secondary N) is 1. The Bertz CT molecular complexity index is 1020. The summed E-state index contributed by atoms with van der Waals surface area (Å²) < 4.78 is 12.0. The fourth-order valence-electron chi connectivity index (χ4n) is 1.98. The molecular weight excluding hydrogens is 398 g/mol. The van der Waals surface area contributed by atoms with Gasteiger partial charge in [-0.15, -0.1) is 5.10 Å². The minimum Gasteiger partial charge on any atom is -0.460 e. The molecule has 0 atom stereocenters. The van der Waals surface area contributed by atoms with E-state index in [1.807, 2.05) is 6.92 Å². The molecule has 0 aromatic carbocycles. The first-order chi connectivity index (χ1) is 14.2. The third-order valence-corrected chi connectivity index (χ3v) is 4.22. The number of hydrogen-bond acceptors (Lipinski definition) is 10. The monoisotopic (exact) mass is 421 g/mol. The number of hydrogen-bond donors (Lipinski definition) is 1. The van der Waals surface area contributed by atoms with Crippen LogP contribution in [0.5, 0.6) is 0 Å². The lowest BCUT2D eigenvalue weighted by molar-refractivity contribution is -0.157. The first-order valence-corrected chi connectivity index (χ1v) is 9.09. The standard InChI is InChI=1S/C17H23N7O6/c1-5-17(2,3)15(27)30-9-11(25)20-19-7-6-8-29-14(26)12-13-21-22-23(4)16(28)24(13)10-18-12/h7,10H,5-6,8-9H2,1-4H3,(H,20,25)/b19-7+. The zero-order valence-corrected chi connectivity index (χ0v) is 17.1. The Kier molecular flexibility index (Phi) is 7.33. The Morgan fingerprint density at radius 3 is 2.73 bits per heavy atom. The Hall–Kier alpha value is -3.64. The Morgan fingerprint density at radius 2 is 2.03 bits per heavy atom. The van der Waals surface area contributed by atoms with Crippen molar-refractivity contribution in [3.8, 4) is 0 Å². The number of hydrazone groups is 1. The van der Waals surface area contributed by atoms with Gasteiger partial charge in [0.15, 0.2) is 17.9 Å². The van der Waals surface area contributed by atoms with Crippen molar-refractivity contribution in [3.63, 3.8) is 0 Å². The third-order valence-electron chi connectivity index (χ3n) is 4.22. The van der Waals surface area contributed by atoms with E-state index in [4.69, 9.17) is 9.47 Å². The minimum atomic E-state index is -0.775. The van der Waals surface area contributed by atoms with Crippen LogP contribution in [0.3, 0.4) is 0 Å². The number of carbonyl (C=O) groups is 3. The van der Waals surface area contributed by atoms with Gasteiger partial charge >= 0.3 is 17.6 Å². The molecule has 2 aromatic rings. The van der Waals surface area contributed by atoms with Crippen LogP contribution in [0, 0.1) is 5.41 Å². The molecule has 162 valence electrons. The molecule has 0 aliphatic heterocycles. The van der Waals surface area contributed by atoms with E-state index < -0.39 is 35.6 Å². The maximum absolute atomic E-state index is 12.1. The molecule has 0 saturated carbocycles. The molecule has 1 N–H and O–H groups in total. The van der Waals surface area contributed by atoms with Gasteiger partial charge in [0.05, 0.1) is 12.0 Å². The molecule has 0 fully saturated rings. The number of fused-ring (bicyclic) bond motifs is 1. The SMILES string of the molecule is CCC(C)(C)C(=O)OCC(=O)N/N=C/CCOC(=O)c1ncn2c(=O)n(C)nnc12. The van der Waals surface area contributed by atoms with E-state index in [0.717, 1.165) is 15.4 Å². The average Bonchev–Trinajstić information content (AvgIpc) is 3.16. The van der Waals surface area contributed by atoms with Gasteiger partial charge in [0, 0.05) is 19.7 Å². The van der Waals surface area contributed by atoms with Crippen LogP contribution < -0.4 is 11.1 Å². The predicted molar refractivity (Wildman–Crippen MR) is 103 cm³/mol. The molecule has 0 aliphatic rings. The minimum absolute atomic E-state index is 0.00942. The average molecular weight is 421 g/mol. The van der Waals surface area contributed by atoms with Crippen molar-refractivity contribution in [2.75, 3.05) is 13.2 Å². The Balaban J connectivity index is 1.74. The highest BCUT2D eigenvalue weighted by atomic mass is 16.5. The van der Waals surface area contributed by atoms with E-state index in [9.17, 15) is 19.2 Å². The molecule has 0 spiro atoms. The summed E-state index contributed by atoms with van der Waals surface area (Å²) in [5, 5.41) is 11.0. The fraction of sp³-hybridized carbons (Fsp3) is 0.529. The quantitative estimate of drug-likeness (QED) is 0.242. The van der Waals surface area contributed by atoms with Crippen molar-refractivity contribution in [2.45, 2.75) is 33.6 Å². The molecule has 2 rings (SSSR count). The summed E-state index contributed by atoms with van der Waals surface area (Å²) in [6, 6.07) is 0. The number of esters is 2. The number of aryl methyl sites for hydroxylation is 1. The summed E-state index contributed by atoms with van der Waals surface area (Å²) in [6.07, 6.45) is 3.27. The number of nitrogens with zero attached hydrogens (tertiary/aromatic N) is 6. The maximum atomic E-state index is 12.1. The molecule has 2 aromatic heterocycles. The van der Waals surface area contributed by atoms with Crippen LogP contribution >= 0.6 is 0 Å². The first kappa shape index (κ1) is 22.6. The van der Waals surface area contributed by atoms with Crippen LogP contribution in [0.1, 0.15) is 44.1 Å². The number of carbonyl (C=O) groups excluding carboxylic acids is 3. The van der Waals surface area contributed by atoms with Crippen molar-refractivity contribution in [1.82, 2.24) is 29.8 Å². The van der Waals surface area contributed by atoms with Crippen LogP contribution in [0.4, 0.5) is 0 Å². The van der Waals surface area contributed by atoms with E-state index in [2.05, 4.69) is 25.8 Å². The van der Waals surface area contributed by atoms with E-state index in [-0.39, 0.29) is 24.4 Å². The highest BCUT2D eigenvalue weighted by Gasteiger charge is 2.27. The van der Waals surface area contributed by atoms with Gasteiger partial charge in [-0.2, -0.15) is 9.78 Å². The van der Waals surface area contributed by atoms with Crippen molar-refractivity contribution in [2.24, 2.45) is 17.6 Å². The second-order valence-corrected chi connectivity index (χ2v) is 6.87. The van der Waals surface area contributed by atoms with Gasteiger partial charge in [0.1, 0.15) is 6.33 Å². The summed E-state index contributed by atoms with van der Waals surface area (Å²) in [4.78, 5) is 51.1. The van der Waals surface area contributed by atoms with Gasteiger partial charge in [0.2, 0.25) is 0 Å². The number of imidazole rings is 1. The highest BCUT2D eigenvalue weighted by molar-refractivity contribution is 5.93. The van der Waals surface area contributed by atoms with Gasteiger partial charge < -0.3 is 9.47 Å². The number of aromatic nitrogens is 5. The molecule has 2 heterocycles. The fourth-order valence-corrected chi connectivity index (χ4v) is 1.98. The lowest BCUT2D eigenvalue weighted by atomic mass is 9.91. The normalized spacial score (nSPS) is 11.6. The Morgan fingerprint density at radius 1 is 1.30 bits per heavy atom. The molecule has 0 saturated heterocycles. The van der Waals surface area contributed by atoms with Crippen molar-refractivity contribution >= 4 is 29.7 Å². The zero-order chi connectivity index (χ0) is 22.3. The van der Waals surface area contributed by atoms with Crippen molar-refractivity contribution in [1.29, 1.82) is 0 Å². The number of ether oxygens (including phenoxy) is 2. The van der Waals surface area contributed by atoms with Crippen LogP contribution in [0.15, 0.2) is 16.2 Å². The summed E-state index contributed by atoms with van der Waals surface area (Å²) in [5.74, 6) is -1.83. The van der Waals surface area contributed by atoms with Gasteiger partial charge in [-0.1, -0.05) is 12.1 Å². The maximum Gasteiger partial charge on any atom is 0.360 e. The van der Waals surface area contributed by atoms with Crippen LogP contribution in [0.25, 0.3) is 5.65 Å². The van der Waals surface area contributed by atoms with Crippen molar-refractivity contribution in [3.05, 3.63) is 22.5 Å². The molecule has 13 nitrogen and oxygen atoms in total. The zero-order valence-electron chi connectivity index (χ0n) is 17.1. The van der Waals surface area contributed by atoms with Gasteiger partial charge in [-0.05, 0) is 20.3 Å². The lowest BCUT2D eigenvalue weighted by Crippen LogP contribution is -2.31. The van der Waals surface area contributed by atoms with E-state index >= 15 is 0 Å². The third kappa shape index (κ3) is 5.46. The summed E-state index contributed by atoms with van der Waals surface area (Å²) in [7, 11) is 1.42. The number of amides is 1. The molecule has 1 amide bonds. The van der Waals surface area contributed by atoms with Crippen molar-refractivity contribution < 1.29 is 23.9 Å². The molecule has 0 bridgehead atoms. The molecule has 30 heavy (non-hydrogen) atoms. The van der Waals surface area contributed by atoms with E-state index in [1.165, 1.54) is 13.3 Å². The summed E-state index contributed by atoms with van der Waals surface area (Å²) >= 11 is 0. The van der Waals surface area contributed by atoms with Gasteiger partial charge in [-0.3, -0.25) is 9.59 Å². The van der Waals surface area contributed by atoms with Crippen LogP contribution in [-0.4, -0.2) is 61.7 Å². The van der Waals surface area contributed by atoms with Crippen LogP contribution in [0.2, 0.25) is 0 Å². The summed E-state index contributed by atoms with van der Waals surface area (Å²) in [5.41, 5.74) is 0.893. The molecule has 0 radical (unpaired) electrons. The predicted octanol–water partition coefficient (Wildman–Crippen LogP) is -0.549. The van der Waals surface area contributed by atoms with Gasteiger partial charge in [0.25, 0.3) is 5.91 Å². The van der Waals surface area contributed by atoms with E-state index in [0.29, 0.717) is 6.42 Å². The topological polar surface area (TPSA) is 159 Å². The second kappa shape index (κ2) is 9.71. The lowest BCUT2D eigenvalue weighted by Gasteiger charge is -2.19. The summed E-state index contributed by atoms with van der Waals surface area (Å²) in [6.45, 7) is 4.82. The smallest absolute Gasteiger partial charge is 0.360 e. The molecule has 13 heteroatoms. The number of rotatable bonds is 9. The Labute approximate surface area is 171 Å². The molecular formula is C17H23N7O6. The largest absolute Gasteiger partial charge is 0.460 e. The van der Waals surface area contributed by atoms with E-state index in [1.54, 1.807) is 13.8 Å². The molecule has 0 aliphatic carbocycles. The second-order valence-electron chi connectivity index (χ2n) is 6.87. The molecule has 0 unspecified atom stereocenters.